The van der Waals surface area contributed by atoms with Crippen molar-refractivity contribution in [2.75, 3.05) is 6.61 Å². The lowest BCUT2D eigenvalue weighted by molar-refractivity contribution is 0.0495. The van der Waals surface area contributed by atoms with Crippen molar-refractivity contribution < 1.29 is 19.1 Å². The minimum Gasteiger partial charge on any atom is -0.444 e. The quantitative estimate of drug-likeness (QED) is 0.808. The number of alkyl carbamates (subject to hydrolysis) is 1. The average molecular weight is 306 g/mol. The zero-order valence-corrected chi connectivity index (χ0v) is 13.1. The summed E-state index contributed by atoms with van der Waals surface area (Å²) in [5.41, 5.74) is 6.12. The van der Waals surface area contributed by atoms with Crippen molar-refractivity contribution >= 4 is 12.0 Å². The molecule has 1 aromatic carbocycles. The van der Waals surface area contributed by atoms with Crippen molar-refractivity contribution in [1.82, 2.24) is 5.32 Å². The zero-order chi connectivity index (χ0) is 16.3. The summed E-state index contributed by atoms with van der Waals surface area (Å²) in [4.78, 5) is 22.9. The van der Waals surface area contributed by atoms with Gasteiger partial charge in [-0.2, -0.15) is 0 Å². The Morgan fingerprint density at radius 3 is 2.41 bits per heavy atom. The zero-order valence-electron chi connectivity index (χ0n) is 13.1. The summed E-state index contributed by atoms with van der Waals surface area (Å²) in [7, 11) is 0. The summed E-state index contributed by atoms with van der Waals surface area (Å²) in [5.74, 6) is -0.458. The van der Waals surface area contributed by atoms with Crippen LogP contribution in [0.1, 0.15) is 36.7 Å². The number of hydrogen-bond acceptors (Lipinski definition) is 4. The Morgan fingerprint density at radius 1 is 1.36 bits per heavy atom. The summed E-state index contributed by atoms with van der Waals surface area (Å²) >= 11 is 0. The molecule has 1 aliphatic heterocycles. The highest BCUT2D eigenvalue weighted by atomic mass is 16.6. The van der Waals surface area contributed by atoms with Crippen molar-refractivity contribution in [2.24, 2.45) is 5.73 Å². The highest BCUT2D eigenvalue weighted by Crippen LogP contribution is 2.19. The van der Waals surface area contributed by atoms with Crippen molar-refractivity contribution in [3.8, 4) is 0 Å². The molecule has 2 atom stereocenters. The Balaban J connectivity index is 1.97. The number of benzene rings is 1. The van der Waals surface area contributed by atoms with Gasteiger partial charge in [-0.3, -0.25) is 4.79 Å². The van der Waals surface area contributed by atoms with Gasteiger partial charge < -0.3 is 20.5 Å². The van der Waals surface area contributed by atoms with E-state index >= 15 is 0 Å². The maximum absolute atomic E-state index is 11.9. The number of rotatable bonds is 5. The number of primary amides is 1. The molecule has 22 heavy (non-hydrogen) atoms. The Kier molecular flexibility index (Phi) is 4.71. The van der Waals surface area contributed by atoms with Crippen LogP contribution < -0.4 is 11.1 Å². The van der Waals surface area contributed by atoms with E-state index in [-0.39, 0.29) is 12.1 Å². The fourth-order valence-electron chi connectivity index (χ4n) is 2.08. The first-order valence-electron chi connectivity index (χ1n) is 7.24. The molecule has 120 valence electrons. The van der Waals surface area contributed by atoms with Gasteiger partial charge in [0.05, 0.1) is 12.6 Å². The Labute approximate surface area is 130 Å². The minimum absolute atomic E-state index is 0.00309. The third-order valence-corrected chi connectivity index (χ3v) is 3.20. The first-order valence-corrected chi connectivity index (χ1v) is 7.24. The number of nitrogens with one attached hydrogen (secondary N) is 1. The number of nitrogens with two attached hydrogens (primary N) is 1. The number of epoxide rings is 1. The molecular weight excluding hydrogens is 284 g/mol. The number of amides is 2. The van der Waals surface area contributed by atoms with E-state index in [0.717, 1.165) is 5.56 Å². The van der Waals surface area contributed by atoms with Crippen molar-refractivity contribution in [1.29, 1.82) is 0 Å². The van der Waals surface area contributed by atoms with E-state index in [1.807, 2.05) is 32.9 Å². The smallest absolute Gasteiger partial charge is 0.407 e. The molecule has 0 saturated carbocycles. The molecule has 0 spiro atoms. The maximum atomic E-state index is 11.9. The molecule has 0 radical (unpaired) electrons. The summed E-state index contributed by atoms with van der Waals surface area (Å²) in [6.07, 6.45) is 0.147. The van der Waals surface area contributed by atoms with Gasteiger partial charge in [-0.05, 0) is 44.9 Å². The monoisotopic (exact) mass is 306 g/mol. The fourth-order valence-corrected chi connectivity index (χ4v) is 2.08. The Morgan fingerprint density at radius 2 is 1.95 bits per heavy atom. The van der Waals surface area contributed by atoms with E-state index in [2.05, 4.69) is 5.32 Å². The molecule has 1 heterocycles. The van der Waals surface area contributed by atoms with Gasteiger partial charge in [0.15, 0.2) is 0 Å². The third kappa shape index (κ3) is 5.04. The summed E-state index contributed by atoms with van der Waals surface area (Å²) in [5, 5.41) is 2.84. The molecule has 0 unspecified atom stereocenters. The second kappa shape index (κ2) is 6.36. The highest BCUT2D eigenvalue weighted by Gasteiger charge is 2.34. The van der Waals surface area contributed by atoms with E-state index < -0.39 is 17.6 Å². The van der Waals surface area contributed by atoms with Gasteiger partial charge in [0.2, 0.25) is 5.91 Å². The lowest BCUT2D eigenvalue weighted by Gasteiger charge is -2.23. The van der Waals surface area contributed by atoms with E-state index in [9.17, 15) is 9.59 Å². The van der Waals surface area contributed by atoms with Gasteiger partial charge in [0.1, 0.15) is 11.7 Å². The Hall–Kier alpha value is -2.08. The van der Waals surface area contributed by atoms with Gasteiger partial charge in [0, 0.05) is 5.56 Å². The van der Waals surface area contributed by atoms with Gasteiger partial charge >= 0.3 is 6.09 Å². The SMILES string of the molecule is CC(C)(C)OC(=O)N[C@@H](Cc1ccc(C(N)=O)cc1)[C@H]1CO1. The van der Waals surface area contributed by atoms with Gasteiger partial charge in [0.25, 0.3) is 0 Å². The van der Waals surface area contributed by atoms with Crippen molar-refractivity contribution in [2.45, 2.75) is 44.9 Å². The van der Waals surface area contributed by atoms with Crippen LogP contribution in [-0.2, 0) is 15.9 Å². The lowest BCUT2D eigenvalue weighted by atomic mass is 10.0. The molecule has 0 aliphatic carbocycles. The molecule has 0 aromatic heterocycles. The summed E-state index contributed by atoms with van der Waals surface area (Å²) in [6, 6.07) is 6.85. The number of carbonyl (C=O) groups excluding carboxylic acids is 2. The lowest BCUT2D eigenvalue weighted by Crippen LogP contribution is -2.43. The molecule has 1 saturated heterocycles. The highest BCUT2D eigenvalue weighted by molar-refractivity contribution is 5.92. The van der Waals surface area contributed by atoms with E-state index in [0.29, 0.717) is 18.6 Å². The minimum atomic E-state index is -0.540. The van der Waals surface area contributed by atoms with Crippen LogP contribution in [0.3, 0.4) is 0 Å². The first kappa shape index (κ1) is 16.3. The van der Waals surface area contributed by atoms with E-state index in [1.165, 1.54) is 0 Å². The fraction of sp³-hybridized carbons (Fsp3) is 0.500. The largest absolute Gasteiger partial charge is 0.444 e. The van der Waals surface area contributed by atoms with E-state index in [4.69, 9.17) is 15.2 Å². The van der Waals surface area contributed by atoms with Crippen LogP contribution in [0.15, 0.2) is 24.3 Å². The normalized spacial score (nSPS) is 18.4. The first-order chi connectivity index (χ1) is 10.2. The molecule has 3 N–H and O–H groups in total. The topological polar surface area (TPSA) is 93.9 Å². The van der Waals surface area contributed by atoms with Gasteiger partial charge in [-0.25, -0.2) is 4.79 Å². The molecule has 2 amide bonds. The van der Waals surface area contributed by atoms with Crippen LogP contribution in [-0.4, -0.2) is 36.4 Å². The van der Waals surface area contributed by atoms with Crippen LogP contribution >= 0.6 is 0 Å². The molecule has 6 nitrogen and oxygen atoms in total. The van der Waals surface area contributed by atoms with Crippen LogP contribution in [0, 0.1) is 0 Å². The van der Waals surface area contributed by atoms with Crippen molar-refractivity contribution in [3.63, 3.8) is 0 Å². The Bertz CT molecular complexity index is 544. The number of ether oxygens (including phenoxy) is 2. The van der Waals surface area contributed by atoms with Crippen LogP contribution in [0.25, 0.3) is 0 Å². The molecule has 1 aliphatic rings. The van der Waals surface area contributed by atoms with E-state index in [1.54, 1.807) is 12.1 Å². The molecule has 2 rings (SSSR count). The number of carbonyl (C=O) groups is 2. The summed E-state index contributed by atoms with van der Waals surface area (Å²) in [6.45, 7) is 6.08. The maximum Gasteiger partial charge on any atom is 0.407 e. The van der Waals surface area contributed by atoms with Crippen LogP contribution in [0.5, 0.6) is 0 Å². The summed E-state index contributed by atoms with van der Waals surface area (Å²) < 4.78 is 10.6. The van der Waals surface area contributed by atoms with Crippen LogP contribution in [0.2, 0.25) is 0 Å². The predicted octanol–water partition coefficient (Wildman–Crippen LogP) is 1.62. The molecular formula is C16H22N2O4. The molecule has 6 heteroatoms. The average Bonchev–Trinajstić information content (AvgIpc) is 3.20. The molecule has 1 aromatic rings. The predicted molar refractivity (Wildman–Crippen MR) is 81.6 cm³/mol. The second-order valence-corrected chi connectivity index (χ2v) is 6.39. The van der Waals surface area contributed by atoms with Gasteiger partial charge in [-0.1, -0.05) is 12.1 Å². The standard InChI is InChI=1S/C16H22N2O4/c1-16(2,3)22-15(20)18-12(13-9-21-13)8-10-4-6-11(7-5-10)14(17)19/h4-7,12-13H,8-9H2,1-3H3,(H2,17,19)(H,18,20)/t12-,13+/m0/s1. The van der Waals surface area contributed by atoms with Crippen LogP contribution in [0.4, 0.5) is 4.79 Å². The van der Waals surface area contributed by atoms with Gasteiger partial charge in [-0.15, -0.1) is 0 Å². The van der Waals surface area contributed by atoms with Crippen molar-refractivity contribution in [3.05, 3.63) is 35.4 Å². The number of hydrogen-bond donors (Lipinski definition) is 2. The molecule has 1 fully saturated rings. The third-order valence-electron chi connectivity index (χ3n) is 3.20. The second-order valence-electron chi connectivity index (χ2n) is 6.39. The molecule has 0 bridgehead atoms.